The molecule has 1 aliphatic heterocycles. The minimum Gasteiger partial charge on any atom is -0.395 e. The minimum atomic E-state index is 0.187. The number of fused-ring (bicyclic) bond motifs is 1. The van der Waals surface area contributed by atoms with Crippen molar-refractivity contribution in [3.63, 3.8) is 0 Å². The number of aliphatic hydroxyl groups is 1. The maximum atomic E-state index is 8.87. The topological polar surface area (TPSA) is 49.2 Å². The lowest BCUT2D eigenvalue weighted by Crippen LogP contribution is -2.29. The van der Waals surface area contributed by atoms with Crippen molar-refractivity contribution < 1.29 is 5.11 Å². The van der Waals surface area contributed by atoms with Gasteiger partial charge in [-0.1, -0.05) is 12.1 Å². The second kappa shape index (κ2) is 7.07. The molecule has 4 heteroatoms. The summed E-state index contributed by atoms with van der Waals surface area (Å²) in [7, 11) is 0. The van der Waals surface area contributed by atoms with Crippen LogP contribution in [0.15, 0.2) is 30.5 Å². The summed E-state index contributed by atoms with van der Waals surface area (Å²) in [6, 6.07) is 8.75. The van der Waals surface area contributed by atoms with Crippen LogP contribution in [0.25, 0.3) is 10.9 Å². The Labute approximate surface area is 126 Å². The first-order valence-electron chi connectivity index (χ1n) is 7.97. The molecule has 1 fully saturated rings. The van der Waals surface area contributed by atoms with E-state index in [2.05, 4.69) is 45.7 Å². The molecule has 4 nitrogen and oxygen atoms in total. The highest BCUT2D eigenvalue weighted by Crippen LogP contribution is 2.23. The van der Waals surface area contributed by atoms with E-state index in [0.717, 1.165) is 32.1 Å². The summed E-state index contributed by atoms with van der Waals surface area (Å²) in [6.45, 7) is 5.08. The number of aliphatic hydroxyl groups excluding tert-OH is 1. The number of rotatable bonds is 6. The van der Waals surface area contributed by atoms with Crippen molar-refractivity contribution >= 4 is 10.9 Å². The Morgan fingerprint density at radius 2 is 2.10 bits per heavy atom. The van der Waals surface area contributed by atoms with Crippen LogP contribution in [0.4, 0.5) is 0 Å². The Morgan fingerprint density at radius 1 is 1.24 bits per heavy atom. The fourth-order valence-corrected chi connectivity index (χ4v) is 3.25. The zero-order chi connectivity index (χ0) is 14.5. The first-order chi connectivity index (χ1) is 10.4. The van der Waals surface area contributed by atoms with Crippen molar-refractivity contribution in [3.8, 4) is 0 Å². The van der Waals surface area contributed by atoms with Crippen molar-refractivity contribution in [3.05, 3.63) is 36.0 Å². The van der Waals surface area contributed by atoms with Crippen LogP contribution in [0.5, 0.6) is 0 Å². The zero-order valence-electron chi connectivity index (χ0n) is 12.5. The number of hydrogen-bond donors (Lipinski definition) is 3. The van der Waals surface area contributed by atoms with E-state index in [1.807, 2.05) is 0 Å². The summed E-state index contributed by atoms with van der Waals surface area (Å²) in [5, 5.41) is 16.9. The molecule has 0 atom stereocenters. The van der Waals surface area contributed by atoms with E-state index in [0.29, 0.717) is 6.54 Å². The standard InChI is InChI=1S/C17H25N3O/c21-11-9-19-12-15-2-1-3-17-16(15)6-10-20(17)13-14-4-7-18-8-5-14/h1-3,6,10,14,18-19,21H,4-5,7-9,11-13H2. The van der Waals surface area contributed by atoms with Gasteiger partial charge in [0, 0.05) is 36.7 Å². The van der Waals surface area contributed by atoms with Crippen LogP contribution in [-0.4, -0.2) is 35.9 Å². The van der Waals surface area contributed by atoms with Crippen molar-refractivity contribution in [2.75, 3.05) is 26.2 Å². The molecule has 0 unspecified atom stereocenters. The van der Waals surface area contributed by atoms with Gasteiger partial charge in [0.2, 0.25) is 0 Å². The van der Waals surface area contributed by atoms with Gasteiger partial charge >= 0.3 is 0 Å². The predicted molar refractivity (Wildman–Crippen MR) is 86.3 cm³/mol. The van der Waals surface area contributed by atoms with Gasteiger partial charge < -0.3 is 20.3 Å². The highest BCUT2D eigenvalue weighted by Gasteiger charge is 2.14. The van der Waals surface area contributed by atoms with Gasteiger partial charge in [0.25, 0.3) is 0 Å². The summed E-state index contributed by atoms with van der Waals surface area (Å²) >= 11 is 0. The lowest BCUT2D eigenvalue weighted by atomic mass is 9.98. The number of aromatic nitrogens is 1. The van der Waals surface area contributed by atoms with Crippen LogP contribution in [0.3, 0.4) is 0 Å². The highest BCUT2D eigenvalue weighted by atomic mass is 16.3. The van der Waals surface area contributed by atoms with Crippen molar-refractivity contribution in [1.82, 2.24) is 15.2 Å². The van der Waals surface area contributed by atoms with Crippen LogP contribution < -0.4 is 10.6 Å². The van der Waals surface area contributed by atoms with E-state index in [4.69, 9.17) is 5.11 Å². The molecular formula is C17H25N3O. The van der Waals surface area contributed by atoms with Crippen LogP contribution in [-0.2, 0) is 13.1 Å². The molecule has 1 saturated heterocycles. The lowest BCUT2D eigenvalue weighted by Gasteiger charge is -2.23. The third kappa shape index (κ3) is 3.46. The summed E-state index contributed by atoms with van der Waals surface area (Å²) in [6.07, 6.45) is 4.77. The maximum Gasteiger partial charge on any atom is 0.0556 e. The minimum absolute atomic E-state index is 0.187. The highest BCUT2D eigenvalue weighted by molar-refractivity contribution is 5.83. The summed E-state index contributed by atoms with van der Waals surface area (Å²) in [4.78, 5) is 0. The average Bonchev–Trinajstić information content (AvgIpc) is 2.93. The summed E-state index contributed by atoms with van der Waals surface area (Å²) in [5.74, 6) is 0.790. The van der Waals surface area contributed by atoms with E-state index < -0.39 is 0 Å². The first kappa shape index (κ1) is 14.6. The second-order valence-electron chi connectivity index (χ2n) is 5.91. The summed E-state index contributed by atoms with van der Waals surface area (Å²) < 4.78 is 2.40. The van der Waals surface area contributed by atoms with Gasteiger partial charge in [-0.2, -0.15) is 0 Å². The van der Waals surface area contributed by atoms with Gasteiger partial charge in [-0.3, -0.25) is 0 Å². The number of piperidine rings is 1. The van der Waals surface area contributed by atoms with Gasteiger partial charge in [-0.15, -0.1) is 0 Å². The van der Waals surface area contributed by atoms with Gasteiger partial charge in [0.05, 0.1) is 6.61 Å². The molecule has 2 heterocycles. The smallest absolute Gasteiger partial charge is 0.0556 e. The quantitative estimate of drug-likeness (QED) is 0.709. The molecule has 21 heavy (non-hydrogen) atoms. The Kier molecular flexibility index (Phi) is 4.91. The largest absolute Gasteiger partial charge is 0.395 e. The molecule has 1 aromatic carbocycles. The van der Waals surface area contributed by atoms with Crippen LogP contribution in [0.2, 0.25) is 0 Å². The third-order valence-corrected chi connectivity index (χ3v) is 4.42. The Hall–Kier alpha value is -1.36. The first-order valence-corrected chi connectivity index (χ1v) is 7.97. The monoisotopic (exact) mass is 287 g/mol. The normalized spacial score (nSPS) is 16.6. The van der Waals surface area contributed by atoms with Crippen molar-refractivity contribution in [2.45, 2.75) is 25.9 Å². The Bertz CT molecular complexity index is 572. The number of nitrogens with zero attached hydrogens (tertiary/aromatic N) is 1. The lowest BCUT2D eigenvalue weighted by molar-refractivity contribution is 0.292. The molecule has 3 rings (SSSR count). The Morgan fingerprint density at radius 3 is 2.90 bits per heavy atom. The molecule has 3 N–H and O–H groups in total. The fourth-order valence-electron chi connectivity index (χ4n) is 3.25. The van der Waals surface area contributed by atoms with Gasteiger partial charge in [-0.05, 0) is 49.5 Å². The van der Waals surface area contributed by atoms with E-state index in [1.54, 1.807) is 0 Å². The van der Waals surface area contributed by atoms with Crippen molar-refractivity contribution in [2.24, 2.45) is 5.92 Å². The number of benzene rings is 1. The van der Waals surface area contributed by atoms with E-state index in [9.17, 15) is 0 Å². The molecule has 1 aliphatic rings. The zero-order valence-corrected chi connectivity index (χ0v) is 12.5. The second-order valence-corrected chi connectivity index (χ2v) is 5.91. The third-order valence-electron chi connectivity index (χ3n) is 4.42. The van der Waals surface area contributed by atoms with Crippen LogP contribution in [0.1, 0.15) is 18.4 Å². The van der Waals surface area contributed by atoms with E-state index in [-0.39, 0.29) is 6.61 Å². The molecule has 0 bridgehead atoms. The Balaban J connectivity index is 1.76. The maximum absolute atomic E-state index is 8.87. The van der Waals surface area contributed by atoms with Crippen LogP contribution >= 0.6 is 0 Å². The number of hydrogen-bond acceptors (Lipinski definition) is 3. The molecule has 2 aromatic rings. The molecule has 1 aromatic heterocycles. The van der Waals surface area contributed by atoms with E-state index in [1.165, 1.54) is 29.3 Å². The fraction of sp³-hybridized carbons (Fsp3) is 0.529. The molecule has 0 amide bonds. The summed E-state index contributed by atoms with van der Waals surface area (Å²) in [5.41, 5.74) is 2.64. The van der Waals surface area contributed by atoms with Gasteiger partial charge in [-0.25, -0.2) is 0 Å². The SMILES string of the molecule is OCCNCc1cccc2c1ccn2CC1CCNCC1. The molecule has 0 saturated carbocycles. The van der Waals surface area contributed by atoms with Gasteiger partial charge in [0.1, 0.15) is 0 Å². The van der Waals surface area contributed by atoms with Crippen molar-refractivity contribution in [1.29, 1.82) is 0 Å². The molecule has 0 aliphatic carbocycles. The average molecular weight is 287 g/mol. The van der Waals surface area contributed by atoms with Gasteiger partial charge in [0.15, 0.2) is 0 Å². The molecule has 0 spiro atoms. The van der Waals surface area contributed by atoms with E-state index >= 15 is 0 Å². The number of nitrogens with one attached hydrogen (secondary N) is 2. The molecule has 114 valence electrons. The molecule has 0 radical (unpaired) electrons. The van der Waals surface area contributed by atoms with Crippen LogP contribution in [0, 0.1) is 5.92 Å². The predicted octanol–water partition coefficient (Wildman–Crippen LogP) is 1.72. The molecular weight excluding hydrogens is 262 g/mol.